The van der Waals surface area contributed by atoms with E-state index < -0.39 is 0 Å². The minimum atomic E-state index is -0.331. The molecule has 0 atom stereocenters. The van der Waals surface area contributed by atoms with E-state index in [1.54, 1.807) is 0 Å². The molecule has 2 aromatic carbocycles. The van der Waals surface area contributed by atoms with Crippen LogP contribution in [0.3, 0.4) is 0 Å². The van der Waals surface area contributed by atoms with Crippen molar-refractivity contribution in [1.82, 2.24) is 10.9 Å². The molecule has 0 bridgehead atoms. The third kappa shape index (κ3) is 2.73. The third-order valence-electron chi connectivity index (χ3n) is 5.38. The Hall–Kier alpha value is -2.24. The van der Waals surface area contributed by atoms with Gasteiger partial charge in [-0.15, -0.1) is 0 Å². The Labute approximate surface area is 148 Å². The molecule has 2 aromatic rings. The number of hydrogen-bond acceptors (Lipinski definition) is 4. The van der Waals surface area contributed by atoms with Crippen LogP contribution in [0.2, 0.25) is 0 Å². The lowest BCUT2D eigenvalue weighted by Crippen LogP contribution is -2.43. The molecule has 0 amide bonds. The van der Waals surface area contributed by atoms with Gasteiger partial charge in [0.2, 0.25) is 0 Å². The molecule has 0 spiro atoms. The second kappa shape index (κ2) is 5.65. The number of benzene rings is 2. The molecule has 4 rings (SSSR count). The largest absolute Gasteiger partial charge is 0.494 e. The first-order valence-corrected chi connectivity index (χ1v) is 8.64. The Morgan fingerprint density at radius 2 is 1.48 bits per heavy atom. The van der Waals surface area contributed by atoms with Gasteiger partial charge in [0.25, 0.3) is 0 Å². The summed E-state index contributed by atoms with van der Waals surface area (Å²) in [5, 5.41) is 2.36. The smallest absolute Gasteiger partial charge is 0.399 e. The summed E-state index contributed by atoms with van der Waals surface area (Å²) in [6.45, 7) is 8.29. The van der Waals surface area contributed by atoms with Crippen molar-refractivity contribution in [3.05, 3.63) is 64.5 Å². The maximum Gasteiger partial charge on any atom is 0.494 e. The highest BCUT2D eigenvalue weighted by atomic mass is 16.7. The molecule has 2 heterocycles. The van der Waals surface area contributed by atoms with Crippen LogP contribution in [0, 0.1) is 0 Å². The van der Waals surface area contributed by atoms with Gasteiger partial charge >= 0.3 is 7.12 Å². The molecular weight excluding hydrogens is 311 g/mol. The van der Waals surface area contributed by atoms with E-state index in [2.05, 4.69) is 81.0 Å². The van der Waals surface area contributed by atoms with E-state index in [0.717, 1.165) is 16.7 Å². The highest BCUT2D eigenvalue weighted by Crippen LogP contribution is 2.36. The van der Waals surface area contributed by atoms with Crippen LogP contribution in [0.15, 0.2) is 48.5 Å². The number of hydrogen-bond donors (Lipinski definition) is 2. The molecular formula is C20H23BN2O2. The van der Waals surface area contributed by atoms with Gasteiger partial charge in [-0.05, 0) is 38.7 Å². The molecule has 1 saturated heterocycles. The zero-order chi connectivity index (χ0) is 17.7. The van der Waals surface area contributed by atoms with Crippen molar-refractivity contribution in [3.63, 3.8) is 0 Å². The van der Waals surface area contributed by atoms with Gasteiger partial charge in [0.05, 0.1) is 16.9 Å². The minimum Gasteiger partial charge on any atom is -0.399 e. The predicted octanol–water partition coefficient (Wildman–Crippen LogP) is 0.988. The fourth-order valence-electron chi connectivity index (χ4n) is 3.12. The standard InChI is InChI=1S/C20H23BN2O2/c1-19(2)20(3,4)25-21(24-19)16-11-9-14(10-12-16)18-17-8-6-5-7-15(17)13-22-23-18/h5-13,22-23H,1-4H3. The normalized spacial score (nSPS) is 20.3. The predicted molar refractivity (Wildman–Crippen MR) is 101 cm³/mol. The van der Waals surface area contributed by atoms with Crippen LogP contribution in [-0.4, -0.2) is 18.3 Å². The molecule has 0 saturated carbocycles. The Kier molecular flexibility index (Phi) is 3.67. The Morgan fingerprint density at radius 1 is 0.840 bits per heavy atom. The highest BCUT2D eigenvalue weighted by molar-refractivity contribution is 6.62. The third-order valence-corrected chi connectivity index (χ3v) is 5.38. The first kappa shape index (κ1) is 16.2. The summed E-state index contributed by atoms with van der Waals surface area (Å²) in [5.74, 6) is 0. The molecule has 4 nitrogen and oxygen atoms in total. The van der Waals surface area contributed by atoms with Crippen molar-refractivity contribution < 1.29 is 9.31 Å². The molecule has 25 heavy (non-hydrogen) atoms. The van der Waals surface area contributed by atoms with Crippen LogP contribution >= 0.6 is 0 Å². The van der Waals surface area contributed by atoms with Crippen LogP contribution in [0.4, 0.5) is 0 Å². The van der Waals surface area contributed by atoms with Crippen molar-refractivity contribution in [2.24, 2.45) is 0 Å². The highest BCUT2D eigenvalue weighted by Gasteiger charge is 2.51. The van der Waals surface area contributed by atoms with Gasteiger partial charge in [0.15, 0.2) is 0 Å². The summed E-state index contributed by atoms with van der Waals surface area (Å²) >= 11 is 0. The average molecular weight is 334 g/mol. The maximum atomic E-state index is 6.13. The van der Waals surface area contributed by atoms with Gasteiger partial charge in [-0.1, -0.05) is 48.5 Å². The van der Waals surface area contributed by atoms with Gasteiger partial charge in [0, 0.05) is 16.6 Å². The zero-order valence-electron chi connectivity index (χ0n) is 15.1. The number of hydrazine groups is 1. The second-order valence-corrected chi connectivity index (χ2v) is 7.59. The van der Waals surface area contributed by atoms with Gasteiger partial charge in [0.1, 0.15) is 0 Å². The van der Waals surface area contributed by atoms with Crippen molar-refractivity contribution in [1.29, 1.82) is 0 Å². The molecule has 2 N–H and O–H groups in total. The molecule has 0 radical (unpaired) electrons. The maximum absolute atomic E-state index is 6.13. The molecule has 128 valence electrons. The second-order valence-electron chi connectivity index (χ2n) is 7.59. The van der Waals surface area contributed by atoms with Gasteiger partial charge in [-0.3, -0.25) is 0 Å². The Bertz CT molecular complexity index is 903. The van der Waals surface area contributed by atoms with E-state index >= 15 is 0 Å². The first-order valence-electron chi connectivity index (χ1n) is 8.64. The average Bonchev–Trinajstić information content (AvgIpc) is 2.82. The van der Waals surface area contributed by atoms with Crippen molar-refractivity contribution in [2.45, 2.75) is 38.9 Å². The lowest BCUT2D eigenvalue weighted by Gasteiger charge is -2.32. The minimum absolute atomic E-state index is 0.325. The zero-order valence-corrected chi connectivity index (χ0v) is 15.1. The molecule has 0 unspecified atom stereocenters. The lowest BCUT2D eigenvalue weighted by molar-refractivity contribution is 0.00578. The molecule has 2 aliphatic heterocycles. The van der Waals surface area contributed by atoms with Crippen LogP contribution in [0.25, 0.3) is 11.9 Å². The van der Waals surface area contributed by atoms with Crippen LogP contribution in [-0.2, 0) is 9.31 Å². The van der Waals surface area contributed by atoms with E-state index in [1.807, 2.05) is 12.3 Å². The van der Waals surface area contributed by atoms with Crippen LogP contribution in [0.5, 0.6) is 0 Å². The van der Waals surface area contributed by atoms with E-state index in [1.165, 1.54) is 10.4 Å². The quantitative estimate of drug-likeness (QED) is 0.804. The SMILES string of the molecule is CC1(C)OB(c2ccc(C3=c4ccccc4=CNN3)cc2)OC1(C)C. The van der Waals surface area contributed by atoms with Crippen LogP contribution < -0.4 is 26.8 Å². The Balaban J connectivity index is 1.68. The van der Waals surface area contributed by atoms with Gasteiger partial charge in [-0.2, -0.15) is 0 Å². The van der Waals surface area contributed by atoms with E-state index in [-0.39, 0.29) is 18.3 Å². The fraction of sp³-hybridized carbons (Fsp3) is 0.300. The molecule has 1 fully saturated rings. The summed E-state index contributed by atoms with van der Waals surface area (Å²) in [6.07, 6.45) is 1.97. The van der Waals surface area contributed by atoms with Crippen LogP contribution in [0.1, 0.15) is 33.3 Å². The summed E-state index contributed by atoms with van der Waals surface area (Å²) in [4.78, 5) is 0. The number of fused-ring (bicyclic) bond motifs is 1. The molecule has 0 aromatic heterocycles. The summed E-state index contributed by atoms with van der Waals surface area (Å²) in [6, 6.07) is 16.7. The monoisotopic (exact) mass is 334 g/mol. The number of rotatable bonds is 2. The fourth-order valence-corrected chi connectivity index (χ4v) is 3.12. The molecule has 2 aliphatic rings. The van der Waals surface area contributed by atoms with E-state index in [4.69, 9.17) is 9.31 Å². The summed E-state index contributed by atoms with van der Waals surface area (Å²) in [7, 11) is -0.331. The van der Waals surface area contributed by atoms with Crippen molar-refractivity contribution in [3.8, 4) is 0 Å². The Morgan fingerprint density at radius 3 is 2.16 bits per heavy atom. The van der Waals surface area contributed by atoms with E-state index in [0.29, 0.717) is 0 Å². The lowest BCUT2D eigenvalue weighted by atomic mass is 9.78. The topological polar surface area (TPSA) is 42.5 Å². The number of nitrogens with one attached hydrogen (secondary N) is 2. The van der Waals surface area contributed by atoms with Crippen molar-refractivity contribution >= 4 is 24.5 Å². The first-order chi connectivity index (χ1) is 11.9. The van der Waals surface area contributed by atoms with Gasteiger partial charge in [-0.25, -0.2) is 0 Å². The molecule has 5 heteroatoms. The molecule has 0 aliphatic carbocycles. The van der Waals surface area contributed by atoms with E-state index in [9.17, 15) is 0 Å². The summed E-state index contributed by atoms with van der Waals surface area (Å²) < 4.78 is 12.3. The summed E-state index contributed by atoms with van der Waals surface area (Å²) in [5.41, 5.74) is 8.95. The van der Waals surface area contributed by atoms with Crippen molar-refractivity contribution in [2.75, 3.05) is 0 Å². The van der Waals surface area contributed by atoms with Gasteiger partial charge < -0.3 is 20.2 Å².